The van der Waals surface area contributed by atoms with Gasteiger partial charge >= 0.3 is 0 Å². The molecule has 2 aromatic rings. The average Bonchev–Trinajstić information content (AvgIpc) is 2.45. The number of nitrogens with one attached hydrogen (secondary N) is 1. The second-order valence-electron chi connectivity index (χ2n) is 5.97. The van der Waals surface area contributed by atoms with Crippen LogP contribution in [0.15, 0.2) is 60.7 Å². The number of hydrogen-bond acceptors (Lipinski definition) is 2. The maximum absolute atomic E-state index is 12.8. The first-order valence-electron chi connectivity index (χ1n) is 6.89. The van der Waals surface area contributed by atoms with Crippen molar-refractivity contribution in [2.45, 2.75) is 32.4 Å². The van der Waals surface area contributed by atoms with Crippen molar-refractivity contribution in [1.82, 2.24) is 5.32 Å². The van der Waals surface area contributed by atoms with E-state index in [9.17, 15) is 4.79 Å². The van der Waals surface area contributed by atoms with E-state index in [4.69, 9.17) is 0 Å². The van der Waals surface area contributed by atoms with E-state index in [1.165, 1.54) is 0 Å². The standard InChI is InChI=1S/C18H21NO.BrH/c1-18(2,3)19-16(14-10-6-4-7-11-14)17(20)15-12-8-5-9-13-15;/h4-13,16,19H,1-3H3;1H. The van der Waals surface area contributed by atoms with E-state index >= 15 is 0 Å². The van der Waals surface area contributed by atoms with Gasteiger partial charge in [-0.25, -0.2) is 0 Å². The molecule has 0 amide bonds. The molecule has 2 rings (SSSR count). The molecule has 0 fully saturated rings. The Morgan fingerprint density at radius 3 is 1.86 bits per heavy atom. The minimum absolute atomic E-state index is 0. The van der Waals surface area contributed by atoms with Gasteiger partial charge in [-0.2, -0.15) is 0 Å². The van der Waals surface area contributed by atoms with Gasteiger partial charge in [-0.1, -0.05) is 60.7 Å². The second-order valence-corrected chi connectivity index (χ2v) is 5.97. The normalized spacial score (nSPS) is 12.3. The van der Waals surface area contributed by atoms with E-state index in [0.29, 0.717) is 0 Å². The van der Waals surface area contributed by atoms with Gasteiger partial charge in [0.15, 0.2) is 5.78 Å². The molecule has 0 aliphatic carbocycles. The van der Waals surface area contributed by atoms with E-state index in [1.54, 1.807) is 0 Å². The molecule has 112 valence electrons. The topological polar surface area (TPSA) is 29.1 Å². The Morgan fingerprint density at radius 2 is 1.38 bits per heavy atom. The van der Waals surface area contributed by atoms with E-state index in [1.807, 2.05) is 60.7 Å². The highest BCUT2D eigenvalue weighted by Gasteiger charge is 2.25. The smallest absolute Gasteiger partial charge is 0.184 e. The molecule has 0 heterocycles. The molecule has 3 heteroatoms. The van der Waals surface area contributed by atoms with Crippen molar-refractivity contribution in [3.63, 3.8) is 0 Å². The third-order valence-corrected chi connectivity index (χ3v) is 3.03. The van der Waals surface area contributed by atoms with Crippen molar-refractivity contribution in [2.75, 3.05) is 0 Å². The van der Waals surface area contributed by atoms with E-state index < -0.39 is 0 Å². The summed E-state index contributed by atoms with van der Waals surface area (Å²) in [4.78, 5) is 12.8. The third-order valence-electron chi connectivity index (χ3n) is 3.03. The number of rotatable bonds is 4. The van der Waals surface area contributed by atoms with Crippen molar-refractivity contribution >= 4 is 22.8 Å². The van der Waals surface area contributed by atoms with Crippen LogP contribution in [0.25, 0.3) is 0 Å². The maximum Gasteiger partial charge on any atom is 0.184 e. The van der Waals surface area contributed by atoms with Gasteiger partial charge in [0.25, 0.3) is 0 Å². The van der Waals surface area contributed by atoms with Crippen LogP contribution in [0.2, 0.25) is 0 Å². The molecule has 2 aromatic carbocycles. The van der Waals surface area contributed by atoms with Crippen LogP contribution in [0.4, 0.5) is 0 Å². The number of benzene rings is 2. The lowest BCUT2D eigenvalue weighted by Gasteiger charge is -2.28. The SMILES string of the molecule is Br.CC(C)(C)NC(C(=O)c1ccccc1)c1ccccc1. The van der Waals surface area contributed by atoms with Crippen LogP contribution in [0, 0.1) is 0 Å². The molecule has 0 radical (unpaired) electrons. The second kappa shape index (κ2) is 7.53. The summed E-state index contributed by atoms with van der Waals surface area (Å²) >= 11 is 0. The van der Waals surface area contributed by atoms with Crippen LogP contribution >= 0.6 is 17.0 Å². The first-order valence-corrected chi connectivity index (χ1v) is 6.89. The summed E-state index contributed by atoms with van der Waals surface area (Å²) < 4.78 is 0. The van der Waals surface area contributed by atoms with Gasteiger partial charge in [0.2, 0.25) is 0 Å². The minimum Gasteiger partial charge on any atom is -0.299 e. The van der Waals surface area contributed by atoms with Crippen molar-refractivity contribution in [3.8, 4) is 0 Å². The maximum atomic E-state index is 12.8. The fourth-order valence-corrected chi connectivity index (χ4v) is 2.15. The summed E-state index contributed by atoms with van der Waals surface area (Å²) in [5.74, 6) is 0.103. The van der Waals surface area contributed by atoms with Gasteiger partial charge < -0.3 is 0 Å². The lowest BCUT2D eigenvalue weighted by molar-refractivity contribution is 0.0926. The van der Waals surface area contributed by atoms with Crippen molar-refractivity contribution < 1.29 is 4.79 Å². The zero-order valence-corrected chi connectivity index (χ0v) is 14.4. The summed E-state index contributed by atoms with van der Waals surface area (Å²) in [5, 5.41) is 3.42. The van der Waals surface area contributed by atoms with Crippen molar-refractivity contribution in [1.29, 1.82) is 0 Å². The zero-order chi connectivity index (χ0) is 14.6. The van der Waals surface area contributed by atoms with E-state index in [2.05, 4.69) is 26.1 Å². The highest BCUT2D eigenvalue weighted by molar-refractivity contribution is 8.93. The molecule has 0 bridgehead atoms. The Morgan fingerprint density at radius 1 is 0.905 bits per heavy atom. The number of carbonyl (C=O) groups is 1. The molecule has 2 nitrogen and oxygen atoms in total. The lowest BCUT2D eigenvalue weighted by Crippen LogP contribution is -2.42. The Hall–Kier alpha value is -1.45. The molecule has 0 spiro atoms. The first kappa shape index (κ1) is 17.6. The van der Waals surface area contributed by atoms with Crippen LogP contribution in [0.3, 0.4) is 0 Å². The fraction of sp³-hybridized carbons (Fsp3) is 0.278. The van der Waals surface area contributed by atoms with Crippen molar-refractivity contribution in [3.05, 3.63) is 71.8 Å². The van der Waals surface area contributed by atoms with Crippen molar-refractivity contribution in [2.24, 2.45) is 0 Å². The van der Waals surface area contributed by atoms with E-state index in [0.717, 1.165) is 11.1 Å². The quantitative estimate of drug-likeness (QED) is 0.820. The molecular formula is C18H22BrNO. The largest absolute Gasteiger partial charge is 0.299 e. The number of halogens is 1. The molecule has 1 unspecified atom stereocenters. The Balaban J connectivity index is 0.00000220. The molecule has 0 saturated heterocycles. The van der Waals surface area contributed by atoms with Gasteiger partial charge in [0.05, 0.1) is 6.04 Å². The van der Waals surface area contributed by atoms with Crippen LogP contribution in [0.5, 0.6) is 0 Å². The monoisotopic (exact) mass is 347 g/mol. The van der Waals surface area contributed by atoms with Gasteiger partial charge in [-0.15, -0.1) is 17.0 Å². The van der Waals surface area contributed by atoms with Gasteiger partial charge in [-0.3, -0.25) is 10.1 Å². The molecule has 21 heavy (non-hydrogen) atoms. The average molecular weight is 348 g/mol. The number of ketones is 1. The highest BCUT2D eigenvalue weighted by Crippen LogP contribution is 2.21. The zero-order valence-electron chi connectivity index (χ0n) is 12.7. The molecule has 0 aliphatic heterocycles. The van der Waals surface area contributed by atoms with Gasteiger partial charge in [0.1, 0.15) is 0 Å². The van der Waals surface area contributed by atoms with Gasteiger partial charge in [-0.05, 0) is 26.3 Å². The fourth-order valence-electron chi connectivity index (χ4n) is 2.15. The molecule has 0 aromatic heterocycles. The lowest BCUT2D eigenvalue weighted by atomic mass is 9.94. The van der Waals surface area contributed by atoms with Crippen LogP contribution in [-0.2, 0) is 0 Å². The van der Waals surface area contributed by atoms with Crippen LogP contribution < -0.4 is 5.32 Å². The number of carbonyl (C=O) groups excluding carboxylic acids is 1. The highest BCUT2D eigenvalue weighted by atomic mass is 79.9. The molecular weight excluding hydrogens is 326 g/mol. The van der Waals surface area contributed by atoms with Crippen LogP contribution in [-0.4, -0.2) is 11.3 Å². The summed E-state index contributed by atoms with van der Waals surface area (Å²) in [7, 11) is 0. The van der Waals surface area contributed by atoms with E-state index in [-0.39, 0.29) is 34.3 Å². The summed E-state index contributed by atoms with van der Waals surface area (Å²) in [6.45, 7) is 6.21. The third kappa shape index (κ3) is 5.10. The molecule has 0 aliphatic rings. The number of hydrogen-bond donors (Lipinski definition) is 1. The molecule has 1 N–H and O–H groups in total. The minimum atomic E-state index is -0.321. The van der Waals surface area contributed by atoms with Gasteiger partial charge in [0, 0.05) is 11.1 Å². The Kier molecular flexibility index (Phi) is 6.31. The Bertz CT molecular complexity index is 561. The summed E-state index contributed by atoms with van der Waals surface area (Å²) in [6.07, 6.45) is 0. The first-order chi connectivity index (χ1) is 9.47. The molecule has 1 atom stereocenters. The molecule has 0 saturated carbocycles. The predicted octanol–water partition coefficient (Wildman–Crippen LogP) is 4.58. The summed E-state index contributed by atoms with van der Waals surface area (Å²) in [5.41, 5.74) is 1.60. The predicted molar refractivity (Wildman–Crippen MR) is 93.2 cm³/mol. The number of Topliss-reactive ketones (excluding diaryl/α,β-unsaturated/α-hetero) is 1. The Labute approximate surface area is 137 Å². The van der Waals surface area contributed by atoms with Crippen LogP contribution in [0.1, 0.15) is 42.7 Å². The summed E-state index contributed by atoms with van der Waals surface area (Å²) in [6, 6.07) is 19.0.